The third kappa shape index (κ3) is 3.16. The molecule has 0 spiro atoms. The average Bonchev–Trinajstić information content (AvgIpc) is 2.41. The maximum atomic E-state index is 13.5. The summed E-state index contributed by atoms with van der Waals surface area (Å²) in [6, 6.07) is 12.9. The lowest BCUT2D eigenvalue weighted by Gasteiger charge is -2.13. The van der Waals surface area contributed by atoms with Crippen LogP contribution < -0.4 is 0 Å². The van der Waals surface area contributed by atoms with Crippen molar-refractivity contribution in [3.05, 3.63) is 71.3 Å². The fraction of sp³-hybridized carbons (Fsp3) is 0.250. The van der Waals surface area contributed by atoms with Crippen LogP contribution in [0.1, 0.15) is 37.8 Å². The standard InChI is InChI=1S/C14H12F2.C2H6/c1-10(11-6-2-4-8-13(11)15)12-7-3-5-9-14(12)16;1-2/h2-10H,1H3;1-2H3. The molecule has 0 saturated heterocycles. The number of benzene rings is 2. The highest BCUT2D eigenvalue weighted by atomic mass is 19.1. The summed E-state index contributed by atoms with van der Waals surface area (Å²) >= 11 is 0. The number of hydrogen-bond donors (Lipinski definition) is 0. The van der Waals surface area contributed by atoms with E-state index >= 15 is 0 Å². The van der Waals surface area contributed by atoms with Gasteiger partial charge in [-0.1, -0.05) is 57.2 Å². The van der Waals surface area contributed by atoms with Gasteiger partial charge in [0.15, 0.2) is 0 Å². The van der Waals surface area contributed by atoms with E-state index in [1.54, 1.807) is 43.3 Å². The summed E-state index contributed by atoms with van der Waals surface area (Å²) in [4.78, 5) is 0. The molecule has 18 heavy (non-hydrogen) atoms. The van der Waals surface area contributed by atoms with Crippen LogP contribution >= 0.6 is 0 Å². The van der Waals surface area contributed by atoms with Crippen molar-refractivity contribution in [2.75, 3.05) is 0 Å². The lowest BCUT2D eigenvalue weighted by molar-refractivity contribution is 0.581. The first-order valence-corrected chi connectivity index (χ1v) is 6.19. The quantitative estimate of drug-likeness (QED) is 0.690. The molecule has 0 amide bonds. The highest BCUT2D eigenvalue weighted by Crippen LogP contribution is 2.27. The van der Waals surface area contributed by atoms with Gasteiger partial charge in [0.2, 0.25) is 0 Å². The largest absolute Gasteiger partial charge is 0.207 e. The van der Waals surface area contributed by atoms with E-state index in [2.05, 4.69) is 0 Å². The summed E-state index contributed by atoms with van der Waals surface area (Å²) in [6.45, 7) is 5.80. The molecule has 0 N–H and O–H groups in total. The van der Waals surface area contributed by atoms with Gasteiger partial charge in [0, 0.05) is 5.92 Å². The molecule has 2 rings (SSSR count). The van der Waals surface area contributed by atoms with E-state index in [0.717, 1.165) is 0 Å². The zero-order chi connectivity index (χ0) is 13.5. The van der Waals surface area contributed by atoms with Crippen molar-refractivity contribution in [2.24, 2.45) is 0 Å². The summed E-state index contributed by atoms with van der Waals surface area (Å²) in [5.74, 6) is -0.862. The highest BCUT2D eigenvalue weighted by molar-refractivity contribution is 5.33. The Balaban J connectivity index is 0.000000771. The SMILES string of the molecule is CC.CC(c1ccccc1F)c1ccccc1F. The molecule has 0 heterocycles. The van der Waals surface area contributed by atoms with E-state index in [1.807, 2.05) is 13.8 Å². The topological polar surface area (TPSA) is 0 Å². The van der Waals surface area contributed by atoms with Gasteiger partial charge in [-0.05, 0) is 23.3 Å². The molecule has 2 aromatic rings. The van der Waals surface area contributed by atoms with Crippen LogP contribution in [0.2, 0.25) is 0 Å². The molecular formula is C16H18F2. The predicted octanol–water partition coefficient (Wildman–Crippen LogP) is 5.14. The Morgan fingerprint density at radius 1 is 0.722 bits per heavy atom. The van der Waals surface area contributed by atoms with Gasteiger partial charge in [0.25, 0.3) is 0 Å². The molecule has 0 radical (unpaired) electrons. The maximum absolute atomic E-state index is 13.5. The molecule has 0 aliphatic carbocycles. The number of halogens is 2. The molecule has 0 aromatic heterocycles. The number of hydrogen-bond acceptors (Lipinski definition) is 0. The Morgan fingerprint density at radius 3 is 1.39 bits per heavy atom. The summed E-state index contributed by atoms with van der Waals surface area (Å²) < 4.78 is 27.1. The minimum atomic E-state index is -0.293. The molecule has 96 valence electrons. The Bertz CT molecular complexity index is 446. The van der Waals surface area contributed by atoms with Crippen molar-refractivity contribution in [1.29, 1.82) is 0 Å². The van der Waals surface area contributed by atoms with Gasteiger partial charge in [-0.2, -0.15) is 0 Å². The van der Waals surface area contributed by atoms with E-state index in [-0.39, 0.29) is 17.6 Å². The third-order valence-electron chi connectivity index (χ3n) is 2.74. The van der Waals surface area contributed by atoms with Crippen molar-refractivity contribution in [2.45, 2.75) is 26.7 Å². The van der Waals surface area contributed by atoms with E-state index in [9.17, 15) is 8.78 Å². The summed E-state index contributed by atoms with van der Waals surface area (Å²) in [6.07, 6.45) is 0. The van der Waals surface area contributed by atoms with Crippen molar-refractivity contribution in [3.63, 3.8) is 0 Å². The van der Waals surface area contributed by atoms with Crippen LogP contribution in [0, 0.1) is 11.6 Å². The summed E-state index contributed by atoms with van der Waals surface area (Å²) in [7, 11) is 0. The van der Waals surface area contributed by atoms with E-state index < -0.39 is 0 Å². The number of rotatable bonds is 2. The lowest BCUT2D eigenvalue weighted by atomic mass is 9.92. The monoisotopic (exact) mass is 248 g/mol. The Morgan fingerprint density at radius 2 is 1.06 bits per heavy atom. The summed E-state index contributed by atoms with van der Waals surface area (Å²) in [5, 5.41) is 0. The van der Waals surface area contributed by atoms with Gasteiger partial charge < -0.3 is 0 Å². The first-order valence-electron chi connectivity index (χ1n) is 6.19. The van der Waals surface area contributed by atoms with Crippen LogP contribution in [0.5, 0.6) is 0 Å². The molecule has 0 unspecified atom stereocenters. The molecule has 0 nitrogen and oxygen atoms in total. The second kappa shape index (κ2) is 6.90. The smallest absolute Gasteiger partial charge is 0.127 e. The molecule has 0 aliphatic heterocycles. The molecule has 0 atom stereocenters. The van der Waals surface area contributed by atoms with Crippen molar-refractivity contribution < 1.29 is 8.78 Å². The van der Waals surface area contributed by atoms with Gasteiger partial charge in [0.05, 0.1) is 0 Å². The van der Waals surface area contributed by atoms with Crippen molar-refractivity contribution in [3.8, 4) is 0 Å². The fourth-order valence-corrected chi connectivity index (χ4v) is 1.82. The fourth-order valence-electron chi connectivity index (χ4n) is 1.82. The van der Waals surface area contributed by atoms with E-state index in [4.69, 9.17) is 0 Å². The van der Waals surface area contributed by atoms with Gasteiger partial charge in [-0.15, -0.1) is 0 Å². The van der Waals surface area contributed by atoms with Crippen LogP contribution in [0.4, 0.5) is 8.78 Å². The zero-order valence-corrected chi connectivity index (χ0v) is 11.0. The minimum absolute atomic E-state index is 0.276. The highest BCUT2D eigenvalue weighted by Gasteiger charge is 2.15. The van der Waals surface area contributed by atoms with Crippen LogP contribution in [0.15, 0.2) is 48.5 Å². The van der Waals surface area contributed by atoms with Crippen LogP contribution in [0.25, 0.3) is 0 Å². The van der Waals surface area contributed by atoms with E-state index in [0.29, 0.717) is 11.1 Å². The van der Waals surface area contributed by atoms with Crippen LogP contribution in [-0.2, 0) is 0 Å². The average molecular weight is 248 g/mol. The van der Waals surface area contributed by atoms with Crippen LogP contribution in [-0.4, -0.2) is 0 Å². The van der Waals surface area contributed by atoms with Crippen molar-refractivity contribution >= 4 is 0 Å². The van der Waals surface area contributed by atoms with Gasteiger partial charge >= 0.3 is 0 Å². The molecule has 0 aliphatic rings. The first kappa shape index (κ1) is 14.4. The van der Waals surface area contributed by atoms with Crippen molar-refractivity contribution in [1.82, 2.24) is 0 Å². The molecule has 0 saturated carbocycles. The summed E-state index contributed by atoms with van der Waals surface area (Å²) in [5.41, 5.74) is 1.04. The minimum Gasteiger partial charge on any atom is -0.207 e. The van der Waals surface area contributed by atoms with Gasteiger partial charge in [0.1, 0.15) is 11.6 Å². The second-order valence-corrected chi connectivity index (χ2v) is 3.76. The second-order valence-electron chi connectivity index (χ2n) is 3.76. The molecular weight excluding hydrogens is 230 g/mol. The van der Waals surface area contributed by atoms with Gasteiger partial charge in [-0.3, -0.25) is 0 Å². The lowest BCUT2D eigenvalue weighted by Crippen LogP contribution is -2.01. The van der Waals surface area contributed by atoms with Crippen LogP contribution in [0.3, 0.4) is 0 Å². The Hall–Kier alpha value is -1.70. The molecule has 0 bridgehead atoms. The Labute approximate surface area is 107 Å². The van der Waals surface area contributed by atoms with E-state index in [1.165, 1.54) is 12.1 Å². The molecule has 0 fully saturated rings. The molecule has 2 aromatic carbocycles. The normalized spacial score (nSPS) is 9.89. The predicted molar refractivity (Wildman–Crippen MR) is 71.7 cm³/mol. The van der Waals surface area contributed by atoms with Gasteiger partial charge in [-0.25, -0.2) is 8.78 Å². The third-order valence-corrected chi connectivity index (χ3v) is 2.74. The zero-order valence-electron chi connectivity index (χ0n) is 11.0. The first-order chi connectivity index (χ1) is 8.70. The maximum Gasteiger partial charge on any atom is 0.127 e. The molecule has 2 heteroatoms. The Kier molecular flexibility index (Phi) is 5.50.